The van der Waals surface area contributed by atoms with Gasteiger partial charge < -0.3 is 4.90 Å². The first-order valence-corrected chi connectivity index (χ1v) is 9.85. The highest BCUT2D eigenvalue weighted by Crippen LogP contribution is 2.42. The Morgan fingerprint density at radius 2 is 1.92 bits per heavy atom. The summed E-state index contributed by atoms with van der Waals surface area (Å²) in [4.78, 5) is 26.4. The van der Waals surface area contributed by atoms with E-state index in [-0.39, 0.29) is 5.41 Å². The third-order valence-electron chi connectivity index (χ3n) is 5.55. The van der Waals surface area contributed by atoms with Crippen LogP contribution in [0.4, 0.5) is 0 Å². The summed E-state index contributed by atoms with van der Waals surface area (Å²) in [6.07, 6.45) is 4.77. The zero-order valence-electron chi connectivity index (χ0n) is 14.6. The van der Waals surface area contributed by atoms with Gasteiger partial charge in [-0.3, -0.25) is 14.7 Å². The number of hydrogen-bond acceptors (Lipinski definition) is 5. The Balaban J connectivity index is 1.35. The first kappa shape index (κ1) is 16.7. The molecule has 2 aliphatic rings. The van der Waals surface area contributed by atoms with E-state index in [0.717, 1.165) is 61.8 Å². The number of likely N-dealkylation sites (tertiary alicyclic amines) is 2. The highest BCUT2D eigenvalue weighted by atomic mass is 32.1. The summed E-state index contributed by atoms with van der Waals surface area (Å²) in [6.45, 7) is 6.39. The minimum absolute atomic E-state index is 0.133. The number of hydrogen-bond donors (Lipinski definition) is 0. The van der Waals surface area contributed by atoms with Gasteiger partial charge in [0.05, 0.1) is 28.4 Å². The molecule has 0 bridgehead atoms. The minimum Gasteiger partial charge on any atom is -0.336 e. The number of pyridine rings is 1. The monoisotopic (exact) mass is 356 g/mol. The van der Waals surface area contributed by atoms with Crippen molar-refractivity contribution in [2.75, 3.05) is 19.6 Å². The molecule has 4 rings (SSSR count). The molecule has 0 unspecified atom stereocenters. The summed E-state index contributed by atoms with van der Waals surface area (Å²) in [5.41, 5.74) is 2.00. The summed E-state index contributed by atoms with van der Waals surface area (Å²) in [5.74, 6) is 0.343. The fourth-order valence-corrected chi connectivity index (χ4v) is 4.65. The van der Waals surface area contributed by atoms with Gasteiger partial charge in [0.1, 0.15) is 0 Å². The first-order valence-electron chi connectivity index (χ1n) is 8.97. The van der Waals surface area contributed by atoms with Crippen molar-refractivity contribution in [3.63, 3.8) is 0 Å². The standard InChI is InChI=1S/C19H24N4OS/c1-15-21-17(14-25-15)13-23-11-7-19(18(23)24)5-9-22(10-6-19)12-16-4-2-3-8-20-16/h2-4,8,14H,5-7,9-13H2,1H3. The van der Waals surface area contributed by atoms with E-state index in [1.54, 1.807) is 11.3 Å². The smallest absolute Gasteiger partial charge is 0.229 e. The van der Waals surface area contributed by atoms with Crippen LogP contribution in [0.2, 0.25) is 0 Å². The molecule has 2 saturated heterocycles. The van der Waals surface area contributed by atoms with Gasteiger partial charge in [0.2, 0.25) is 5.91 Å². The molecule has 2 fully saturated rings. The SMILES string of the molecule is Cc1nc(CN2CCC3(CCN(Cc4ccccn4)CC3)C2=O)cs1. The molecule has 4 heterocycles. The molecule has 1 spiro atoms. The Labute approximate surface area is 152 Å². The van der Waals surface area contributed by atoms with Gasteiger partial charge in [-0.05, 0) is 51.4 Å². The number of nitrogens with zero attached hydrogens (tertiary/aromatic N) is 4. The lowest BCUT2D eigenvalue weighted by atomic mass is 9.77. The summed E-state index contributed by atoms with van der Waals surface area (Å²) in [5, 5.41) is 3.14. The lowest BCUT2D eigenvalue weighted by Gasteiger charge is -2.37. The van der Waals surface area contributed by atoms with Crippen LogP contribution in [0.25, 0.3) is 0 Å². The Hall–Kier alpha value is -1.79. The zero-order chi connectivity index (χ0) is 17.3. The third-order valence-corrected chi connectivity index (χ3v) is 6.37. The number of carbonyl (C=O) groups excluding carboxylic acids is 1. The van der Waals surface area contributed by atoms with Crippen molar-refractivity contribution in [2.24, 2.45) is 5.41 Å². The Morgan fingerprint density at radius 1 is 1.12 bits per heavy atom. The number of carbonyl (C=O) groups is 1. The second kappa shape index (κ2) is 6.84. The van der Waals surface area contributed by atoms with Gasteiger partial charge in [-0.1, -0.05) is 6.07 Å². The van der Waals surface area contributed by atoms with Crippen molar-refractivity contribution < 1.29 is 4.79 Å². The van der Waals surface area contributed by atoms with E-state index in [4.69, 9.17) is 0 Å². The summed E-state index contributed by atoms with van der Waals surface area (Å²) < 4.78 is 0. The molecule has 0 saturated carbocycles. The van der Waals surface area contributed by atoms with Gasteiger partial charge in [-0.15, -0.1) is 11.3 Å². The molecule has 0 aliphatic carbocycles. The van der Waals surface area contributed by atoms with E-state index in [2.05, 4.69) is 26.3 Å². The van der Waals surface area contributed by atoms with E-state index >= 15 is 0 Å². The van der Waals surface area contributed by atoms with Gasteiger partial charge in [0, 0.05) is 24.7 Å². The predicted octanol–water partition coefficient (Wildman–Crippen LogP) is 2.86. The average molecular weight is 356 g/mol. The second-order valence-electron chi connectivity index (χ2n) is 7.21. The van der Waals surface area contributed by atoms with E-state index in [1.165, 1.54) is 0 Å². The Kier molecular flexibility index (Phi) is 4.56. The fraction of sp³-hybridized carbons (Fsp3) is 0.526. The van der Waals surface area contributed by atoms with Gasteiger partial charge in [-0.2, -0.15) is 0 Å². The lowest BCUT2D eigenvalue weighted by molar-refractivity contribution is -0.139. The number of amides is 1. The molecule has 6 heteroatoms. The van der Waals surface area contributed by atoms with Crippen LogP contribution in [0, 0.1) is 12.3 Å². The van der Waals surface area contributed by atoms with Crippen LogP contribution in [0.15, 0.2) is 29.8 Å². The quantitative estimate of drug-likeness (QED) is 0.845. The van der Waals surface area contributed by atoms with Gasteiger partial charge in [-0.25, -0.2) is 4.98 Å². The number of aromatic nitrogens is 2. The topological polar surface area (TPSA) is 49.3 Å². The van der Waals surface area contributed by atoms with E-state index in [0.29, 0.717) is 12.5 Å². The molecule has 0 N–H and O–H groups in total. The van der Waals surface area contributed by atoms with Gasteiger partial charge in [0.25, 0.3) is 0 Å². The maximum Gasteiger partial charge on any atom is 0.229 e. The first-order chi connectivity index (χ1) is 12.1. The highest BCUT2D eigenvalue weighted by Gasteiger charge is 2.47. The van der Waals surface area contributed by atoms with Crippen LogP contribution < -0.4 is 0 Å². The van der Waals surface area contributed by atoms with Crippen molar-refractivity contribution >= 4 is 17.2 Å². The number of aryl methyl sites for hydroxylation is 1. The number of piperidine rings is 1. The van der Waals surface area contributed by atoms with E-state index in [1.807, 2.05) is 30.2 Å². The number of thiazole rings is 1. The van der Waals surface area contributed by atoms with E-state index < -0.39 is 0 Å². The molecule has 2 aliphatic heterocycles. The summed E-state index contributed by atoms with van der Waals surface area (Å²) in [6, 6.07) is 6.05. The van der Waals surface area contributed by atoms with E-state index in [9.17, 15) is 4.79 Å². The van der Waals surface area contributed by atoms with Crippen LogP contribution in [-0.2, 0) is 17.9 Å². The summed E-state index contributed by atoms with van der Waals surface area (Å²) >= 11 is 1.66. The van der Waals surface area contributed by atoms with Crippen molar-refractivity contribution in [3.8, 4) is 0 Å². The van der Waals surface area contributed by atoms with Crippen LogP contribution in [0.1, 0.15) is 35.7 Å². The molecule has 1 amide bonds. The summed E-state index contributed by atoms with van der Waals surface area (Å²) in [7, 11) is 0. The van der Waals surface area contributed by atoms with Crippen LogP contribution in [0.5, 0.6) is 0 Å². The lowest BCUT2D eigenvalue weighted by Crippen LogP contribution is -2.44. The van der Waals surface area contributed by atoms with Crippen LogP contribution in [0.3, 0.4) is 0 Å². The largest absolute Gasteiger partial charge is 0.336 e. The molecule has 25 heavy (non-hydrogen) atoms. The van der Waals surface area contributed by atoms with Crippen molar-refractivity contribution in [3.05, 3.63) is 46.2 Å². The highest BCUT2D eigenvalue weighted by molar-refractivity contribution is 7.09. The minimum atomic E-state index is -0.133. The normalized spacial score (nSPS) is 20.5. The molecule has 0 aromatic carbocycles. The van der Waals surface area contributed by atoms with Crippen molar-refractivity contribution in [1.82, 2.24) is 19.8 Å². The third kappa shape index (κ3) is 3.46. The molecule has 2 aromatic heterocycles. The van der Waals surface area contributed by atoms with Crippen LogP contribution in [-0.4, -0.2) is 45.3 Å². The molecule has 2 aromatic rings. The maximum absolute atomic E-state index is 13.0. The number of rotatable bonds is 4. The molecule has 0 atom stereocenters. The van der Waals surface area contributed by atoms with Crippen molar-refractivity contribution in [1.29, 1.82) is 0 Å². The second-order valence-corrected chi connectivity index (χ2v) is 8.27. The molecule has 5 nitrogen and oxygen atoms in total. The molecular weight excluding hydrogens is 332 g/mol. The zero-order valence-corrected chi connectivity index (χ0v) is 15.5. The van der Waals surface area contributed by atoms with Crippen molar-refractivity contribution in [2.45, 2.75) is 39.3 Å². The maximum atomic E-state index is 13.0. The Morgan fingerprint density at radius 3 is 2.60 bits per heavy atom. The predicted molar refractivity (Wildman–Crippen MR) is 98.1 cm³/mol. The average Bonchev–Trinajstić information content (AvgIpc) is 3.17. The molecular formula is C19H24N4OS. The Bertz CT molecular complexity index is 737. The fourth-order valence-electron chi connectivity index (χ4n) is 4.04. The van der Waals surface area contributed by atoms with Gasteiger partial charge >= 0.3 is 0 Å². The van der Waals surface area contributed by atoms with Gasteiger partial charge in [0.15, 0.2) is 0 Å². The molecule has 0 radical (unpaired) electrons. The molecule has 132 valence electrons. The van der Waals surface area contributed by atoms with Crippen LogP contribution >= 0.6 is 11.3 Å².